The number of carboxylic acid groups (broad SMARTS) is 1. The summed E-state index contributed by atoms with van der Waals surface area (Å²) in [5.41, 5.74) is 0.274. The van der Waals surface area contributed by atoms with E-state index in [0.717, 1.165) is 12.8 Å². The van der Waals surface area contributed by atoms with Gasteiger partial charge in [-0.3, -0.25) is 9.59 Å². The van der Waals surface area contributed by atoms with Crippen LogP contribution in [0.1, 0.15) is 50.4 Å². The number of carbonyl (C=O) groups is 2. The zero-order chi connectivity index (χ0) is 19.7. The molecule has 0 saturated heterocycles. The zero-order valence-electron chi connectivity index (χ0n) is 15.6. The number of hydrogen-bond donors (Lipinski definition) is 1. The Morgan fingerprint density at radius 3 is 1.85 bits per heavy atom. The monoisotopic (exact) mass is 384 g/mol. The Morgan fingerprint density at radius 1 is 0.923 bits per heavy atom. The lowest BCUT2D eigenvalue weighted by molar-refractivity contribution is -0.137. The average Bonchev–Trinajstić information content (AvgIpc) is 2.60. The van der Waals surface area contributed by atoms with Crippen LogP contribution in [0.4, 0.5) is 0 Å². The second-order valence-corrected chi connectivity index (χ2v) is 7.99. The molecule has 0 fully saturated rings. The van der Waals surface area contributed by atoms with Crippen molar-refractivity contribution in [2.24, 2.45) is 0 Å². The van der Waals surface area contributed by atoms with Crippen molar-refractivity contribution in [3.05, 3.63) is 29.8 Å². The fourth-order valence-corrected chi connectivity index (χ4v) is 4.26. The molecule has 146 valence electrons. The number of aliphatic carboxylic acids is 1. The number of sulfonamides is 1. The first kappa shape index (κ1) is 22.1. The number of amides is 1. The van der Waals surface area contributed by atoms with Gasteiger partial charge in [-0.1, -0.05) is 20.8 Å². The van der Waals surface area contributed by atoms with Crippen LogP contribution in [0.15, 0.2) is 29.2 Å². The van der Waals surface area contributed by atoms with Gasteiger partial charge in [0.25, 0.3) is 5.91 Å². The van der Waals surface area contributed by atoms with E-state index >= 15 is 0 Å². The van der Waals surface area contributed by atoms with Gasteiger partial charge in [-0.05, 0) is 43.5 Å². The van der Waals surface area contributed by atoms with Crippen molar-refractivity contribution in [3.63, 3.8) is 0 Å². The maximum Gasteiger partial charge on any atom is 0.323 e. The van der Waals surface area contributed by atoms with Crippen LogP contribution in [-0.2, 0) is 14.8 Å². The van der Waals surface area contributed by atoms with Crippen LogP contribution in [0.5, 0.6) is 0 Å². The topological polar surface area (TPSA) is 95.0 Å². The highest BCUT2D eigenvalue weighted by molar-refractivity contribution is 7.89. The smallest absolute Gasteiger partial charge is 0.323 e. The number of carboxylic acids is 1. The molecule has 0 aromatic heterocycles. The maximum atomic E-state index is 12.7. The van der Waals surface area contributed by atoms with Gasteiger partial charge in [0, 0.05) is 25.2 Å². The quantitative estimate of drug-likeness (QED) is 0.632. The van der Waals surface area contributed by atoms with Crippen LogP contribution >= 0.6 is 0 Å². The molecule has 1 rings (SSSR count). The van der Waals surface area contributed by atoms with E-state index in [1.807, 2.05) is 20.8 Å². The Hall–Kier alpha value is -1.93. The van der Waals surface area contributed by atoms with Crippen LogP contribution in [0.2, 0.25) is 0 Å². The molecule has 1 N–H and O–H groups in total. The third kappa shape index (κ3) is 5.81. The van der Waals surface area contributed by atoms with Gasteiger partial charge in [-0.15, -0.1) is 0 Å². The van der Waals surface area contributed by atoms with E-state index in [0.29, 0.717) is 26.1 Å². The van der Waals surface area contributed by atoms with E-state index < -0.39 is 21.9 Å². The highest BCUT2D eigenvalue weighted by Gasteiger charge is 2.24. The molecule has 26 heavy (non-hydrogen) atoms. The van der Waals surface area contributed by atoms with Crippen molar-refractivity contribution < 1.29 is 23.1 Å². The Labute approximate surface area is 155 Å². The van der Waals surface area contributed by atoms with Crippen LogP contribution in [0.25, 0.3) is 0 Å². The van der Waals surface area contributed by atoms with Crippen LogP contribution in [0, 0.1) is 0 Å². The first-order valence-corrected chi connectivity index (χ1v) is 10.3. The number of nitrogens with zero attached hydrogens (tertiary/aromatic N) is 2. The molecule has 0 aliphatic rings. The molecule has 0 spiro atoms. The Bertz CT molecular complexity index is 695. The SMILES string of the molecule is CCCN(CC(=O)O)C(=O)c1ccc(S(=O)(=O)N(CCC)CCC)cc1. The fraction of sp³-hybridized carbons (Fsp3) is 0.556. The largest absolute Gasteiger partial charge is 0.480 e. The molecule has 0 aliphatic carbocycles. The normalized spacial score (nSPS) is 11.5. The number of carbonyl (C=O) groups excluding carboxylic acids is 1. The maximum absolute atomic E-state index is 12.7. The summed E-state index contributed by atoms with van der Waals surface area (Å²) >= 11 is 0. The first-order valence-electron chi connectivity index (χ1n) is 8.89. The van der Waals surface area contributed by atoms with E-state index in [4.69, 9.17) is 5.11 Å². The summed E-state index contributed by atoms with van der Waals surface area (Å²) in [4.78, 5) is 24.8. The molecule has 8 heteroatoms. The van der Waals surface area contributed by atoms with Crippen molar-refractivity contribution in [2.45, 2.75) is 44.9 Å². The van der Waals surface area contributed by atoms with E-state index in [1.165, 1.54) is 33.5 Å². The average molecular weight is 384 g/mol. The zero-order valence-corrected chi connectivity index (χ0v) is 16.5. The molecule has 7 nitrogen and oxygen atoms in total. The summed E-state index contributed by atoms with van der Waals surface area (Å²) in [5.74, 6) is -1.50. The number of hydrogen-bond acceptors (Lipinski definition) is 4. The minimum absolute atomic E-state index is 0.135. The number of benzene rings is 1. The first-order chi connectivity index (χ1) is 12.3. The lowest BCUT2D eigenvalue weighted by Gasteiger charge is -2.22. The van der Waals surface area contributed by atoms with Gasteiger partial charge in [0.15, 0.2) is 0 Å². The second-order valence-electron chi connectivity index (χ2n) is 6.05. The molecule has 0 unspecified atom stereocenters. The Morgan fingerprint density at radius 2 is 1.42 bits per heavy atom. The minimum Gasteiger partial charge on any atom is -0.480 e. The van der Waals surface area contributed by atoms with Crippen molar-refractivity contribution in [1.29, 1.82) is 0 Å². The summed E-state index contributed by atoms with van der Waals surface area (Å²) < 4.78 is 26.9. The fourth-order valence-electron chi connectivity index (χ4n) is 2.64. The lowest BCUT2D eigenvalue weighted by Crippen LogP contribution is -2.36. The molecule has 0 radical (unpaired) electrons. The van der Waals surface area contributed by atoms with Gasteiger partial charge in [-0.2, -0.15) is 4.31 Å². The summed E-state index contributed by atoms with van der Waals surface area (Å²) in [7, 11) is -3.60. The molecular formula is C18H28N2O5S. The molecule has 0 aliphatic heterocycles. The van der Waals surface area contributed by atoms with Crippen molar-refractivity contribution >= 4 is 21.9 Å². The number of rotatable bonds is 11. The van der Waals surface area contributed by atoms with Gasteiger partial charge < -0.3 is 10.0 Å². The van der Waals surface area contributed by atoms with E-state index in [-0.39, 0.29) is 17.0 Å². The summed E-state index contributed by atoms with van der Waals surface area (Å²) in [6, 6.07) is 5.70. The Balaban J connectivity index is 3.05. The third-order valence-corrected chi connectivity index (χ3v) is 5.70. The molecule has 1 amide bonds. The van der Waals surface area contributed by atoms with Gasteiger partial charge in [0.1, 0.15) is 6.54 Å². The highest BCUT2D eigenvalue weighted by Crippen LogP contribution is 2.18. The predicted octanol–water partition coefficient (Wildman–Crippen LogP) is 2.43. The highest BCUT2D eigenvalue weighted by atomic mass is 32.2. The third-order valence-electron chi connectivity index (χ3n) is 3.79. The molecule has 0 bridgehead atoms. The van der Waals surface area contributed by atoms with E-state index in [2.05, 4.69) is 0 Å². The van der Waals surface area contributed by atoms with Gasteiger partial charge in [-0.25, -0.2) is 8.42 Å². The summed E-state index contributed by atoms with van der Waals surface area (Å²) in [6.07, 6.45) is 2.07. The predicted molar refractivity (Wildman–Crippen MR) is 99.6 cm³/mol. The molecule has 1 aromatic carbocycles. The van der Waals surface area contributed by atoms with E-state index in [1.54, 1.807) is 0 Å². The van der Waals surface area contributed by atoms with Crippen molar-refractivity contribution in [1.82, 2.24) is 9.21 Å². The molecule has 1 aromatic rings. The second kappa shape index (κ2) is 10.3. The van der Waals surface area contributed by atoms with Gasteiger partial charge in [0.2, 0.25) is 10.0 Å². The van der Waals surface area contributed by atoms with Crippen LogP contribution in [-0.4, -0.2) is 60.8 Å². The van der Waals surface area contributed by atoms with E-state index in [9.17, 15) is 18.0 Å². The van der Waals surface area contributed by atoms with Crippen LogP contribution in [0.3, 0.4) is 0 Å². The summed E-state index contributed by atoms with van der Waals surface area (Å²) in [6.45, 7) is 6.53. The standard InChI is InChI=1S/C18H28N2O5S/c1-4-11-19(14-17(21)22)18(23)15-7-9-16(10-8-15)26(24,25)20(12-5-2)13-6-3/h7-10H,4-6,11-14H2,1-3H3,(H,21,22). The molecule has 0 heterocycles. The Kier molecular flexibility index (Phi) is 8.74. The van der Waals surface area contributed by atoms with Crippen molar-refractivity contribution in [3.8, 4) is 0 Å². The summed E-state index contributed by atoms with van der Waals surface area (Å²) in [5, 5.41) is 8.94. The van der Waals surface area contributed by atoms with Gasteiger partial charge >= 0.3 is 5.97 Å². The molecule has 0 atom stereocenters. The lowest BCUT2D eigenvalue weighted by atomic mass is 10.2. The molecular weight excluding hydrogens is 356 g/mol. The van der Waals surface area contributed by atoms with Crippen LogP contribution < -0.4 is 0 Å². The van der Waals surface area contributed by atoms with Gasteiger partial charge in [0.05, 0.1) is 4.90 Å². The minimum atomic E-state index is -3.60. The molecule has 0 saturated carbocycles. The van der Waals surface area contributed by atoms with Crippen molar-refractivity contribution in [2.75, 3.05) is 26.2 Å².